The molecular formula is C22H34N6O2. The van der Waals surface area contributed by atoms with E-state index in [9.17, 15) is 0 Å². The summed E-state index contributed by atoms with van der Waals surface area (Å²) in [6.07, 6.45) is 4.92. The molecule has 1 fully saturated rings. The van der Waals surface area contributed by atoms with E-state index in [0.29, 0.717) is 18.5 Å². The zero-order valence-electron chi connectivity index (χ0n) is 18.7. The zero-order chi connectivity index (χ0) is 21.5. The highest BCUT2D eigenvalue weighted by atomic mass is 16.5. The molecule has 1 unspecified atom stereocenters. The molecule has 0 bridgehead atoms. The SMILES string of the molecule is CN=C(NCc1nccn1CC(C)C)NC1CCN(c2cc(OC)cc(OC)c2)C1. The number of benzene rings is 1. The Labute approximate surface area is 179 Å². The Morgan fingerprint density at radius 1 is 1.23 bits per heavy atom. The molecule has 1 saturated heterocycles. The van der Waals surface area contributed by atoms with Gasteiger partial charge >= 0.3 is 0 Å². The van der Waals surface area contributed by atoms with Crippen molar-refractivity contribution in [3.05, 3.63) is 36.4 Å². The minimum Gasteiger partial charge on any atom is -0.497 e. The first-order valence-electron chi connectivity index (χ1n) is 10.5. The number of imidazole rings is 1. The summed E-state index contributed by atoms with van der Waals surface area (Å²) in [7, 11) is 5.15. The fraction of sp³-hybridized carbons (Fsp3) is 0.545. The van der Waals surface area contributed by atoms with Crippen LogP contribution in [0.2, 0.25) is 0 Å². The van der Waals surface area contributed by atoms with Crippen molar-refractivity contribution in [1.82, 2.24) is 20.2 Å². The van der Waals surface area contributed by atoms with Crippen LogP contribution in [0.15, 0.2) is 35.6 Å². The van der Waals surface area contributed by atoms with Crippen LogP contribution in [0.4, 0.5) is 5.69 Å². The number of aliphatic imine (C=N–C) groups is 1. The largest absolute Gasteiger partial charge is 0.497 e. The van der Waals surface area contributed by atoms with Crippen molar-refractivity contribution in [2.24, 2.45) is 10.9 Å². The average molecular weight is 415 g/mol. The number of ether oxygens (including phenoxy) is 2. The highest BCUT2D eigenvalue weighted by Crippen LogP contribution is 2.30. The van der Waals surface area contributed by atoms with Crippen LogP contribution in [0.1, 0.15) is 26.1 Å². The number of aromatic nitrogens is 2. The molecule has 1 aromatic heterocycles. The van der Waals surface area contributed by atoms with Crippen molar-refractivity contribution in [3.63, 3.8) is 0 Å². The summed E-state index contributed by atoms with van der Waals surface area (Å²) in [5.41, 5.74) is 1.11. The smallest absolute Gasteiger partial charge is 0.191 e. The Morgan fingerprint density at radius 3 is 2.60 bits per heavy atom. The van der Waals surface area contributed by atoms with Crippen LogP contribution in [0.25, 0.3) is 0 Å². The number of nitrogens with one attached hydrogen (secondary N) is 2. The van der Waals surface area contributed by atoms with E-state index in [1.807, 2.05) is 30.6 Å². The van der Waals surface area contributed by atoms with E-state index in [1.165, 1.54) is 0 Å². The highest BCUT2D eigenvalue weighted by Gasteiger charge is 2.24. The van der Waals surface area contributed by atoms with Crippen LogP contribution in [0.3, 0.4) is 0 Å². The number of hydrogen-bond donors (Lipinski definition) is 2. The van der Waals surface area contributed by atoms with Gasteiger partial charge in [0.2, 0.25) is 0 Å². The maximum Gasteiger partial charge on any atom is 0.191 e. The lowest BCUT2D eigenvalue weighted by molar-refractivity contribution is 0.394. The normalized spacial score (nSPS) is 16.8. The van der Waals surface area contributed by atoms with Crippen molar-refractivity contribution in [2.75, 3.05) is 39.3 Å². The lowest BCUT2D eigenvalue weighted by atomic mass is 10.2. The van der Waals surface area contributed by atoms with E-state index >= 15 is 0 Å². The molecule has 1 aliphatic rings. The number of rotatable bonds is 8. The summed E-state index contributed by atoms with van der Waals surface area (Å²) in [5.74, 6) is 3.99. The Morgan fingerprint density at radius 2 is 1.97 bits per heavy atom. The van der Waals surface area contributed by atoms with E-state index in [-0.39, 0.29) is 0 Å². The first-order chi connectivity index (χ1) is 14.5. The molecule has 1 atom stereocenters. The van der Waals surface area contributed by atoms with Crippen molar-refractivity contribution >= 4 is 11.6 Å². The van der Waals surface area contributed by atoms with Crippen molar-refractivity contribution in [2.45, 2.75) is 39.4 Å². The van der Waals surface area contributed by atoms with Crippen LogP contribution in [0, 0.1) is 5.92 Å². The molecule has 0 aliphatic carbocycles. The fourth-order valence-electron chi connectivity index (χ4n) is 3.71. The van der Waals surface area contributed by atoms with Crippen LogP contribution >= 0.6 is 0 Å². The summed E-state index contributed by atoms with van der Waals surface area (Å²) >= 11 is 0. The van der Waals surface area contributed by atoms with Crippen molar-refractivity contribution in [1.29, 1.82) is 0 Å². The summed E-state index contributed by atoms with van der Waals surface area (Å²) in [5, 5.41) is 6.94. The third kappa shape index (κ3) is 5.58. The first-order valence-corrected chi connectivity index (χ1v) is 10.5. The van der Waals surface area contributed by atoms with Gasteiger partial charge in [-0.2, -0.15) is 0 Å². The summed E-state index contributed by atoms with van der Waals surface area (Å²) in [6, 6.07) is 6.30. The Bertz CT molecular complexity index is 826. The van der Waals surface area contributed by atoms with Crippen molar-refractivity contribution < 1.29 is 9.47 Å². The molecule has 2 heterocycles. The van der Waals surface area contributed by atoms with Crippen LogP contribution < -0.4 is 25.0 Å². The second-order valence-corrected chi connectivity index (χ2v) is 7.96. The van der Waals surface area contributed by atoms with E-state index in [0.717, 1.165) is 55.0 Å². The summed E-state index contributed by atoms with van der Waals surface area (Å²) < 4.78 is 13.0. The lowest BCUT2D eigenvalue weighted by Crippen LogP contribution is -2.44. The first kappa shape index (κ1) is 21.8. The van der Waals surface area contributed by atoms with Crippen molar-refractivity contribution in [3.8, 4) is 11.5 Å². The second kappa shape index (κ2) is 10.2. The molecule has 164 valence electrons. The number of nitrogens with zero attached hydrogens (tertiary/aromatic N) is 4. The van der Waals surface area contributed by atoms with E-state index in [4.69, 9.17) is 9.47 Å². The molecule has 8 heteroatoms. The maximum atomic E-state index is 5.41. The van der Waals surface area contributed by atoms with Gasteiger partial charge in [-0.25, -0.2) is 4.98 Å². The molecule has 1 aliphatic heterocycles. The molecule has 30 heavy (non-hydrogen) atoms. The molecule has 0 amide bonds. The molecular weight excluding hydrogens is 380 g/mol. The molecule has 8 nitrogen and oxygen atoms in total. The van der Waals surface area contributed by atoms with Gasteiger partial charge < -0.3 is 29.6 Å². The van der Waals surface area contributed by atoms with Crippen LogP contribution in [-0.4, -0.2) is 55.9 Å². The molecule has 0 saturated carbocycles. The molecule has 3 rings (SSSR count). The topological polar surface area (TPSA) is 75.9 Å². The standard InChI is InChI=1S/C22H34N6O2/c1-16(2)14-28-9-7-24-21(28)13-25-22(23-3)26-17-6-8-27(15-17)18-10-19(29-4)12-20(11-18)30-5/h7,9-12,16-17H,6,8,13-15H2,1-5H3,(H2,23,25,26). The van der Waals surface area contributed by atoms with Gasteiger partial charge in [0.25, 0.3) is 0 Å². The van der Waals surface area contributed by atoms with Crippen LogP contribution in [0.5, 0.6) is 11.5 Å². The Balaban J connectivity index is 1.56. The molecule has 0 radical (unpaired) electrons. The zero-order valence-corrected chi connectivity index (χ0v) is 18.7. The Hall–Kier alpha value is -2.90. The highest BCUT2D eigenvalue weighted by molar-refractivity contribution is 5.80. The predicted octanol–water partition coefficient (Wildman–Crippen LogP) is 2.50. The van der Waals surface area contributed by atoms with Gasteiger partial charge in [0.1, 0.15) is 17.3 Å². The summed E-state index contributed by atoms with van der Waals surface area (Å²) in [4.78, 5) is 11.2. The number of methoxy groups -OCH3 is 2. The monoisotopic (exact) mass is 414 g/mol. The summed E-state index contributed by atoms with van der Waals surface area (Å²) in [6.45, 7) is 7.87. The Kier molecular flexibility index (Phi) is 7.43. The lowest BCUT2D eigenvalue weighted by Gasteiger charge is -2.21. The van der Waals surface area contributed by atoms with Gasteiger partial charge in [-0.15, -0.1) is 0 Å². The maximum absolute atomic E-state index is 5.41. The second-order valence-electron chi connectivity index (χ2n) is 7.96. The third-order valence-corrected chi connectivity index (χ3v) is 5.23. The van der Waals surface area contributed by atoms with E-state index < -0.39 is 0 Å². The quantitative estimate of drug-likeness (QED) is 0.511. The molecule has 1 aromatic carbocycles. The van der Waals surface area contributed by atoms with Crippen LogP contribution in [-0.2, 0) is 13.1 Å². The average Bonchev–Trinajstić information content (AvgIpc) is 3.39. The number of anilines is 1. The number of guanidine groups is 1. The molecule has 2 aromatic rings. The molecule has 0 spiro atoms. The van der Waals surface area contributed by atoms with E-state index in [2.05, 4.69) is 43.9 Å². The molecule has 2 N–H and O–H groups in total. The van der Waals surface area contributed by atoms with Gasteiger partial charge in [0.15, 0.2) is 5.96 Å². The predicted molar refractivity (Wildman–Crippen MR) is 121 cm³/mol. The van der Waals surface area contributed by atoms with Gasteiger partial charge in [0.05, 0.1) is 20.8 Å². The van der Waals surface area contributed by atoms with Gasteiger partial charge in [-0.3, -0.25) is 4.99 Å². The number of hydrogen-bond acceptors (Lipinski definition) is 5. The fourth-order valence-corrected chi connectivity index (χ4v) is 3.71. The van der Waals surface area contributed by atoms with Gasteiger partial charge in [-0.05, 0) is 12.3 Å². The third-order valence-electron chi connectivity index (χ3n) is 5.23. The van der Waals surface area contributed by atoms with Gasteiger partial charge in [0, 0.05) is 69.0 Å². The minimum absolute atomic E-state index is 0.309. The van der Waals surface area contributed by atoms with E-state index in [1.54, 1.807) is 21.3 Å². The van der Waals surface area contributed by atoms with Gasteiger partial charge in [-0.1, -0.05) is 13.8 Å². The minimum atomic E-state index is 0.309.